The summed E-state index contributed by atoms with van der Waals surface area (Å²) >= 11 is 0. The van der Waals surface area contributed by atoms with E-state index in [-0.39, 0.29) is 18.4 Å². The van der Waals surface area contributed by atoms with E-state index in [4.69, 9.17) is 5.26 Å². The monoisotopic (exact) mass is 321 g/mol. The molecule has 0 saturated carbocycles. The molecule has 122 valence electrons. The number of nitriles is 1. The van der Waals surface area contributed by atoms with E-state index in [0.717, 1.165) is 11.1 Å². The minimum atomic E-state index is -0.241. The Hall–Kier alpha value is -3.13. The normalized spacial score (nSPS) is 9.88. The highest BCUT2D eigenvalue weighted by Crippen LogP contribution is 2.15. The summed E-state index contributed by atoms with van der Waals surface area (Å²) < 4.78 is 0. The third-order valence-corrected chi connectivity index (χ3v) is 3.60. The van der Waals surface area contributed by atoms with E-state index < -0.39 is 0 Å². The molecule has 0 aliphatic carbocycles. The Balaban J connectivity index is 1.99. The molecule has 2 aromatic rings. The molecule has 0 spiro atoms. The molecule has 2 amide bonds. The predicted molar refractivity (Wildman–Crippen MR) is 92.2 cm³/mol. The first-order valence-electron chi connectivity index (χ1n) is 7.60. The first kappa shape index (κ1) is 17.2. The molecular weight excluding hydrogens is 302 g/mol. The van der Waals surface area contributed by atoms with Gasteiger partial charge in [0.25, 0.3) is 0 Å². The second kappa shape index (κ2) is 7.93. The Morgan fingerprint density at radius 2 is 1.71 bits per heavy atom. The summed E-state index contributed by atoms with van der Waals surface area (Å²) in [6.45, 7) is 3.77. The van der Waals surface area contributed by atoms with Crippen LogP contribution in [0.3, 0.4) is 0 Å². The van der Waals surface area contributed by atoms with Crippen molar-refractivity contribution in [1.29, 1.82) is 5.26 Å². The number of aryl methyl sites for hydroxylation is 1. The third kappa shape index (κ3) is 4.68. The van der Waals surface area contributed by atoms with Crippen LogP contribution in [0.4, 0.5) is 5.69 Å². The molecule has 0 bridgehead atoms. The lowest BCUT2D eigenvalue weighted by Crippen LogP contribution is -2.39. The van der Waals surface area contributed by atoms with Crippen molar-refractivity contribution in [2.45, 2.75) is 20.4 Å². The third-order valence-electron chi connectivity index (χ3n) is 3.60. The van der Waals surface area contributed by atoms with Crippen LogP contribution in [0.1, 0.15) is 23.6 Å². The van der Waals surface area contributed by atoms with Crippen LogP contribution >= 0.6 is 0 Å². The van der Waals surface area contributed by atoms with E-state index in [2.05, 4.69) is 5.32 Å². The van der Waals surface area contributed by atoms with Gasteiger partial charge >= 0.3 is 0 Å². The fraction of sp³-hybridized carbons (Fsp3) is 0.211. The van der Waals surface area contributed by atoms with Crippen LogP contribution in [-0.2, 0) is 16.1 Å². The maximum atomic E-state index is 12.1. The fourth-order valence-electron chi connectivity index (χ4n) is 2.21. The molecule has 0 aliphatic rings. The van der Waals surface area contributed by atoms with Crippen molar-refractivity contribution < 1.29 is 9.59 Å². The fourth-order valence-corrected chi connectivity index (χ4v) is 2.21. The average Bonchev–Trinajstić information content (AvgIpc) is 2.59. The van der Waals surface area contributed by atoms with Crippen molar-refractivity contribution in [3.63, 3.8) is 0 Å². The van der Waals surface area contributed by atoms with Gasteiger partial charge in [0.05, 0.1) is 11.6 Å². The van der Waals surface area contributed by atoms with Gasteiger partial charge in [0.15, 0.2) is 0 Å². The number of benzene rings is 2. The number of carbonyl (C=O) groups excluding carboxylic acids is 2. The van der Waals surface area contributed by atoms with Crippen LogP contribution in [0.2, 0.25) is 0 Å². The second-order valence-electron chi connectivity index (χ2n) is 5.53. The summed E-state index contributed by atoms with van der Waals surface area (Å²) in [7, 11) is 0. The van der Waals surface area contributed by atoms with Crippen LogP contribution in [0.5, 0.6) is 0 Å². The lowest BCUT2D eigenvalue weighted by Gasteiger charge is -2.20. The molecule has 0 heterocycles. The van der Waals surface area contributed by atoms with Crippen molar-refractivity contribution in [3.05, 3.63) is 65.2 Å². The highest BCUT2D eigenvalue weighted by Gasteiger charge is 2.15. The number of anilines is 1. The number of carbonyl (C=O) groups is 2. The van der Waals surface area contributed by atoms with Gasteiger partial charge in [0, 0.05) is 19.2 Å². The standard InChI is InChI=1S/C19H19N3O2/c1-14-3-5-17(6-4-14)12-21-19(24)13-22(15(2)23)18-9-7-16(11-20)8-10-18/h3-10H,12-13H2,1-2H3,(H,21,24). The molecule has 1 N–H and O–H groups in total. The Bertz CT molecular complexity index is 759. The van der Waals surface area contributed by atoms with E-state index in [9.17, 15) is 9.59 Å². The number of nitrogens with one attached hydrogen (secondary N) is 1. The summed E-state index contributed by atoms with van der Waals surface area (Å²) in [4.78, 5) is 25.3. The molecule has 2 rings (SSSR count). The average molecular weight is 321 g/mol. The molecule has 2 aromatic carbocycles. The Kier molecular flexibility index (Phi) is 5.69. The number of hydrogen-bond donors (Lipinski definition) is 1. The minimum absolute atomic E-state index is 0.0624. The second-order valence-corrected chi connectivity index (χ2v) is 5.53. The summed E-state index contributed by atoms with van der Waals surface area (Å²) in [5.41, 5.74) is 3.26. The van der Waals surface area contributed by atoms with Crippen LogP contribution in [0.15, 0.2) is 48.5 Å². The minimum Gasteiger partial charge on any atom is -0.350 e. The number of nitrogens with zero attached hydrogens (tertiary/aromatic N) is 2. The van der Waals surface area contributed by atoms with Crippen LogP contribution < -0.4 is 10.2 Å². The van der Waals surface area contributed by atoms with E-state index in [1.807, 2.05) is 37.3 Å². The van der Waals surface area contributed by atoms with E-state index >= 15 is 0 Å². The van der Waals surface area contributed by atoms with Gasteiger partial charge in [-0.2, -0.15) is 5.26 Å². The van der Waals surface area contributed by atoms with Crippen molar-refractivity contribution in [1.82, 2.24) is 5.32 Å². The van der Waals surface area contributed by atoms with E-state index in [0.29, 0.717) is 17.8 Å². The van der Waals surface area contributed by atoms with Crippen molar-refractivity contribution in [2.75, 3.05) is 11.4 Å². The van der Waals surface area contributed by atoms with Gasteiger partial charge in [-0.15, -0.1) is 0 Å². The van der Waals surface area contributed by atoms with Crippen LogP contribution in [0, 0.1) is 18.3 Å². The van der Waals surface area contributed by atoms with E-state index in [1.165, 1.54) is 11.8 Å². The molecule has 0 aliphatic heterocycles. The topological polar surface area (TPSA) is 73.2 Å². The van der Waals surface area contributed by atoms with Crippen molar-refractivity contribution in [2.24, 2.45) is 0 Å². The highest BCUT2D eigenvalue weighted by molar-refractivity contribution is 5.97. The number of amides is 2. The van der Waals surface area contributed by atoms with Crippen molar-refractivity contribution >= 4 is 17.5 Å². The zero-order valence-electron chi connectivity index (χ0n) is 13.7. The molecule has 5 nitrogen and oxygen atoms in total. The van der Waals surface area contributed by atoms with Crippen molar-refractivity contribution in [3.8, 4) is 6.07 Å². The first-order valence-corrected chi connectivity index (χ1v) is 7.60. The molecule has 0 atom stereocenters. The molecular formula is C19H19N3O2. The van der Waals surface area contributed by atoms with E-state index in [1.54, 1.807) is 24.3 Å². The molecule has 0 aromatic heterocycles. The predicted octanol–water partition coefficient (Wildman–Crippen LogP) is 2.54. The quantitative estimate of drug-likeness (QED) is 0.919. The van der Waals surface area contributed by atoms with Crippen LogP contribution in [-0.4, -0.2) is 18.4 Å². The number of hydrogen-bond acceptors (Lipinski definition) is 3. The molecule has 0 unspecified atom stereocenters. The molecule has 24 heavy (non-hydrogen) atoms. The summed E-state index contributed by atoms with van der Waals surface area (Å²) in [6, 6.07) is 16.5. The van der Waals surface area contributed by atoms with Gasteiger partial charge in [-0.3, -0.25) is 9.59 Å². The first-order chi connectivity index (χ1) is 11.5. The Labute approximate surface area is 141 Å². The Morgan fingerprint density at radius 1 is 1.08 bits per heavy atom. The largest absolute Gasteiger partial charge is 0.350 e. The smallest absolute Gasteiger partial charge is 0.240 e. The summed E-state index contributed by atoms with van der Waals surface area (Å²) in [5, 5.41) is 11.6. The summed E-state index contributed by atoms with van der Waals surface area (Å²) in [6.07, 6.45) is 0. The Morgan fingerprint density at radius 3 is 2.25 bits per heavy atom. The SMILES string of the molecule is CC(=O)N(CC(=O)NCc1ccc(C)cc1)c1ccc(C#N)cc1. The molecule has 0 saturated heterocycles. The van der Waals surface area contributed by atoms with Gasteiger partial charge < -0.3 is 10.2 Å². The molecule has 0 fully saturated rings. The maximum Gasteiger partial charge on any atom is 0.240 e. The van der Waals surface area contributed by atoms with Gasteiger partial charge in [0.2, 0.25) is 11.8 Å². The number of rotatable bonds is 5. The van der Waals surface area contributed by atoms with Crippen LogP contribution in [0.25, 0.3) is 0 Å². The van der Waals surface area contributed by atoms with Gasteiger partial charge in [-0.1, -0.05) is 29.8 Å². The van der Waals surface area contributed by atoms with Gasteiger partial charge in [0.1, 0.15) is 6.54 Å². The maximum absolute atomic E-state index is 12.1. The molecule has 5 heteroatoms. The van der Waals surface area contributed by atoms with Gasteiger partial charge in [-0.05, 0) is 36.8 Å². The zero-order chi connectivity index (χ0) is 17.5. The zero-order valence-corrected chi connectivity index (χ0v) is 13.7. The van der Waals surface area contributed by atoms with Gasteiger partial charge in [-0.25, -0.2) is 0 Å². The lowest BCUT2D eigenvalue weighted by atomic mass is 10.1. The summed E-state index contributed by atoms with van der Waals surface area (Å²) in [5.74, 6) is -0.472. The molecule has 0 radical (unpaired) electrons. The lowest BCUT2D eigenvalue weighted by molar-refractivity contribution is -0.123. The highest BCUT2D eigenvalue weighted by atomic mass is 16.2.